The van der Waals surface area contributed by atoms with Crippen molar-refractivity contribution in [1.82, 2.24) is 14.5 Å². The number of nitrogens with zero attached hydrogens (tertiary/aromatic N) is 2. The van der Waals surface area contributed by atoms with Crippen LogP contribution in [-0.4, -0.2) is 61.0 Å². The van der Waals surface area contributed by atoms with E-state index in [1.54, 1.807) is 19.1 Å². The van der Waals surface area contributed by atoms with E-state index in [2.05, 4.69) is 5.32 Å². The molecule has 0 radical (unpaired) electrons. The van der Waals surface area contributed by atoms with Crippen LogP contribution in [0.15, 0.2) is 59.5 Å². The lowest BCUT2D eigenvalue weighted by atomic mass is 10.1. The average Bonchev–Trinajstić information content (AvgIpc) is 3.03. The zero-order valence-corrected chi connectivity index (χ0v) is 20.4. The minimum absolute atomic E-state index is 0.00275. The van der Waals surface area contributed by atoms with Gasteiger partial charge in [0, 0.05) is 26.1 Å². The van der Waals surface area contributed by atoms with Crippen molar-refractivity contribution in [1.29, 1.82) is 0 Å². The number of nitrogens with one attached hydrogen (secondary N) is 1. The Morgan fingerprint density at radius 3 is 2.41 bits per heavy atom. The van der Waals surface area contributed by atoms with Gasteiger partial charge in [-0.1, -0.05) is 49.4 Å². The van der Waals surface area contributed by atoms with E-state index in [1.165, 1.54) is 17.0 Å². The summed E-state index contributed by atoms with van der Waals surface area (Å²) in [5.74, 6) is -1.05. The molecule has 0 saturated carbocycles. The topological polar surface area (TPSA) is 104 Å². The van der Waals surface area contributed by atoms with Gasteiger partial charge in [0.2, 0.25) is 11.8 Å². The summed E-state index contributed by atoms with van der Waals surface area (Å²) in [4.78, 5) is 39.8. The molecule has 8 nitrogen and oxygen atoms in total. The molecule has 0 saturated heterocycles. The van der Waals surface area contributed by atoms with Crippen LogP contribution in [-0.2, 0) is 26.0 Å². The molecular weight excluding hydrogens is 454 g/mol. The van der Waals surface area contributed by atoms with Gasteiger partial charge in [0.25, 0.3) is 15.9 Å². The van der Waals surface area contributed by atoms with E-state index in [0.717, 1.165) is 16.3 Å². The van der Waals surface area contributed by atoms with Crippen molar-refractivity contribution in [2.75, 3.05) is 19.6 Å². The molecule has 0 fully saturated rings. The van der Waals surface area contributed by atoms with Crippen LogP contribution in [0.4, 0.5) is 0 Å². The molecule has 3 rings (SSSR count). The molecule has 3 amide bonds. The summed E-state index contributed by atoms with van der Waals surface area (Å²) in [5.41, 5.74) is 1.20. The number of amides is 3. The number of sulfonamides is 1. The van der Waals surface area contributed by atoms with Gasteiger partial charge in [0.1, 0.15) is 10.9 Å². The van der Waals surface area contributed by atoms with Gasteiger partial charge in [0.15, 0.2) is 0 Å². The van der Waals surface area contributed by atoms with Gasteiger partial charge in [-0.25, -0.2) is 12.7 Å². The highest BCUT2D eigenvalue weighted by Gasteiger charge is 2.40. The van der Waals surface area contributed by atoms with E-state index in [-0.39, 0.29) is 41.7 Å². The van der Waals surface area contributed by atoms with Crippen LogP contribution in [0.5, 0.6) is 0 Å². The van der Waals surface area contributed by atoms with Crippen LogP contribution in [0.2, 0.25) is 0 Å². The second kappa shape index (κ2) is 11.3. The predicted molar refractivity (Wildman–Crippen MR) is 129 cm³/mol. The zero-order valence-electron chi connectivity index (χ0n) is 19.6. The minimum Gasteiger partial charge on any atom is -0.354 e. The SMILES string of the molecule is CCCNC(=O)[C@@H](C)N(CCc1ccccc1)C(=O)CCCN1C(=O)c2ccccc2S1(=O)=O. The van der Waals surface area contributed by atoms with Crippen molar-refractivity contribution in [3.05, 3.63) is 65.7 Å². The molecule has 1 atom stereocenters. The summed E-state index contributed by atoms with van der Waals surface area (Å²) in [7, 11) is -3.91. The lowest BCUT2D eigenvalue weighted by molar-refractivity contribution is -0.140. The average molecular weight is 486 g/mol. The van der Waals surface area contributed by atoms with E-state index in [4.69, 9.17) is 0 Å². The number of hydrogen-bond donors (Lipinski definition) is 1. The Hall–Kier alpha value is -3.20. The maximum atomic E-state index is 13.1. The highest BCUT2D eigenvalue weighted by molar-refractivity contribution is 7.90. The summed E-state index contributed by atoms with van der Waals surface area (Å²) < 4.78 is 26.3. The van der Waals surface area contributed by atoms with E-state index in [0.29, 0.717) is 19.5 Å². The molecule has 1 aliphatic heterocycles. The van der Waals surface area contributed by atoms with Gasteiger partial charge in [-0.3, -0.25) is 14.4 Å². The van der Waals surface area contributed by atoms with Crippen molar-refractivity contribution in [2.24, 2.45) is 0 Å². The van der Waals surface area contributed by atoms with Crippen LogP contribution in [0, 0.1) is 0 Å². The standard InChI is InChI=1S/C25H31N3O5S/c1-3-16-26-24(30)19(2)27(18-15-20-10-5-4-6-11-20)23(29)14-9-17-28-25(31)21-12-7-8-13-22(21)34(28,32)33/h4-8,10-13,19H,3,9,14-18H2,1-2H3,(H,26,30)/t19-/m1/s1. The molecule has 1 heterocycles. The Bertz CT molecular complexity index is 1130. The van der Waals surface area contributed by atoms with Gasteiger partial charge >= 0.3 is 0 Å². The molecule has 182 valence electrons. The maximum Gasteiger partial charge on any atom is 0.269 e. The summed E-state index contributed by atoms with van der Waals surface area (Å²) in [6.07, 6.45) is 1.57. The Morgan fingerprint density at radius 2 is 1.74 bits per heavy atom. The monoisotopic (exact) mass is 485 g/mol. The minimum atomic E-state index is -3.91. The van der Waals surface area contributed by atoms with Crippen molar-refractivity contribution >= 4 is 27.7 Å². The van der Waals surface area contributed by atoms with Gasteiger partial charge in [-0.15, -0.1) is 0 Å². The van der Waals surface area contributed by atoms with Crippen molar-refractivity contribution in [2.45, 2.75) is 50.5 Å². The van der Waals surface area contributed by atoms with Crippen molar-refractivity contribution in [3.8, 4) is 0 Å². The summed E-state index contributed by atoms with van der Waals surface area (Å²) in [6.45, 7) is 4.44. The molecule has 9 heteroatoms. The largest absolute Gasteiger partial charge is 0.354 e. The summed E-state index contributed by atoms with van der Waals surface area (Å²) >= 11 is 0. The van der Waals surface area contributed by atoms with Gasteiger partial charge < -0.3 is 10.2 Å². The molecule has 34 heavy (non-hydrogen) atoms. The normalized spacial score (nSPS) is 15.0. The van der Waals surface area contributed by atoms with Crippen LogP contribution in [0.1, 0.15) is 49.0 Å². The van der Waals surface area contributed by atoms with Gasteiger partial charge in [0.05, 0.1) is 5.56 Å². The van der Waals surface area contributed by atoms with Crippen LogP contribution >= 0.6 is 0 Å². The highest BCUT2D eigenvalue weighted by Crippen LogP contribution is 2.30. The quantitative estimate of drug-likeness (QED) is 0.527. The highest BCUT2D eigenvalue weighted by atomic mass is 32.2. The first kappa shape index (κ1) is 25.4. The molecule has 2 aromatic rings. The van der Waals surface area contributed by atoms with Gasteiger partial charge in [-0.05, 0) is 43.9 Å². The first-order valence-corrected chi connectivity index (χ1v) is 13.0. The Labute approximate surface area is 201 Å². The fourth-order valence-electron chi connectivity index (χ4n) is 3.94. The number of benzene rings is 2. The third-order valence-corrected chi connectivity index (χ3v) is 7.71. The number of hydrogen-bond acceptors (Lipinski definition) is 5. The second-order valence-electron chi connectivity index (χ2n) is 8.27. The second-order valence-corrected chi connectivity index (χ2v) is 10.1. The number of rotatable bonds is 11. The molecule has 1 N–H and O–H groups in total. The van der Waals surface area contributed by atoms with E-state index < -0.39 is 22.0 Å². The van der Waals surface area contributed by atoms with E-state index in [1.807, 2.05) is 37.3 Å². The lowest BCUT2D eigenvalue weighted by Gasteiger charge is -2.29. The maximum absolute atomic E-state index is 13.1. The lowest BCUT2D eigenvalue weighted by Crippen LogP contribution is -2.49. The Kier molecular flexibility index (Phi) is 8.44. The number of carbonyl (C=O) groups is 3. The van der Waals surface area contributed by atoms with Crippen molar-refractivity contribution < 1.29 is 22.8 Å². The Balaban J connectivity index is 1.65. The molecular formula is C25H31N3O5S. The van der Waals surface area contributed by atoms with E-state index >= 15 is 0 Å². The number of fused-ring (bicyclic) bond motifs is 1. The van der Waals surface area contributed by atoms with Crippen LogP contribution < -0.4 is 5.32 Å². The molecule has 0 aliphatic carbocycles. The van der Waals surface area contributed by atoms with Crippen LogP contribution in [0.3, 0.4) is 0 Å². The molecule has 2 aromatic carbocycles. The third kappa shape index (κ3) is 5.64. The first-order valence-electron chi connectivity index (χ1n) is 11.5. The predicted octanol–water partition coefficient (Wildman–Crippen LogP) is 2.60. The van der Waals surface area contributed by atoms with Crippen LogP contribution in [0.25, 0.3) is 0 Å². The first-order chi connectivity index (χ1) is 16.3. The molecule has 0 unspecified atom stereocenters. The molecule has 0 spiro atoms. The van der Waals surface area contributed by atoms with Gasteiger partial charge in [-0.2, -0.15) is 0 Å². The zero-order chi connectivity index (χ0) is 24.7. The number of carbonyl (C=O) groups excluding carboxylic acids is 3. The van der Waals surface area contributed by atoms with Crippen molar-refractivity contribution in [3.63, 3.8) is 0 Å². The Morgan fingerprint density at radius 1 is 1.06 bits per heavy atom. The third-order valence-electron chi connectivity index (χ3n) is 5.86. The summed E-state index contributed by atoms with van der Waals surface area (Å²) in [5, 5.41) is 2.83. The molecule has 0 aromatic heterocycles. The molecule has 0 bridgehead atoms. The fourth-order valence-corrected chi connectivity index (χ4v) is 5.54. The van der Waals surface area contributed by atoms with E-state index in [9.17, 15) is 22.8 Å². The molecule has 1 aliphatic rings. The smallest absolute Gasteiger partial charge is 0.269 e. The summed E-state index contributed by atoms with van der Waals surface area (Å²) in [6, 6.07) is 15.1. The fraction of sp³-hybridized carbons (Fsp3) is 0.400.